The Morgan fingerprint density at radius 3 is 0.851 bits per heavy atom. The van der Waals surface area contributed by atoms with Gasteiger partial charge in [0.05, 0.1) is 0 Å². The van der Waals surface area contributed by atoms with Gasteiger partial charge in [0.25, 0.3) is 0 Å². The molecule has 0 aromatic rings. The highest BCUT2D eigenvalue weighted by Gasteiger charge is 2.19. The average molecular weight is 1030 g/mol. The zero-order valence-electron chi connectivity index (χ0n) is 48.3. The van der Waals surface area contributed by atoms with Crippen molar-refractivity contribution < 1.29 is 28.6 Å². The first kappa shape index (κ1) is 70.1. The van der Waals surface area contributed by atoms with E-state index in [9.17, 15) is 14.4 Å². The number of allylic oxidation sites excluding steroid dienone is 18. The molecule has 1 atom stereocenters. The summed E-state index contributed by atoms with van der Waals surface area (Å²) in [4.78, 5) is 38.2. The highest BCUT2D eigenvalue weighted by atomic mass is 16.6. The number of hydrogen-bond acceptors (Lipinski definition) is 6. The molecule has 0 fully saturated rings. The van der Waals surface area contributed by atoms with Gasteiger partial charge in [-0.15, -0.1) is 0 Å². The number of esters is 3. The minimum absolute atomic E-state index is 0.0975. The molecule has 0 aliphatic carbocycles. The van der Waals surface area contributed by atoms with Gasteiger partial charge in [0.15, 0.2) is 6.10 Å². The van der Waals surface area contributed by atoms with Gasteiger partial charge in [-0.3, -0.25) is 14.4 Å². The Kier molecular flexibility index (Phi) is 58.3. The van der Waals surface area contributed by atoms with E-state index in [1.807, 2.05) is 0 Å². The highest BCUT2D eigenvalue weighted by molar-refractivity contribution is 5.71. The summed E-state index contributed by atoms with van der Waals surface area (Å²) in [5, 5.41) is 0. The summed E-state index contributed by atoms with van der Waals surface area (Å²) < 4.78 is 16.9. The number of rotatable bonds is 55. The lowest BCUT2D eigenvalue weighted by atomic mass is 10.0. The van der Waals surface area contributed by atoms with Crippen molar-refractivity contribution in [2.75, 3.05) is 13.2 Å². The molecular weight excluding hydrogens is 913 g/mol. The van der Waals surface area contributed by atoms with Crippen LogP contribution in [0.25, 0.3) is 0 Å². The van der Waals surface area contributed by atoms with Crippen LogP contribution in [0.15, 0.2) is 109 Å². The predicted molar refractivity (Wildman–Crippen MR) is 320 cm³/mol. The van der Waals surface area contributed by atoms with Gasteiger partial charge in [-0.25, -0.2) is 0 Å². The summed E-state index contributed by atoms with van der Waals surface area (Å²) in [6, 6.07) is 0. The fourth-order valence-electron chi connectivity index (χ4n) is 8.39. The van der Waals surface area contributed by atoms with Gasteiger partial charge in [-0.2, -0.15) is 0 Å². The SMILES string of the molecule is CC/C=C\C/C=C\C/C=C\C/C=C\C/C=C\C/C=C\CCCCC(=O)OC(COC(=O)CCCCCCCCCC/C=C\C/C=C\C/C=C\CCCCCCC)COC(=O)CCCCCCCCCCCCCC. The van der Waals surface area contributed by atoms with Crippen molar-refractivity contribution in [1.82, 2.24) is 0 Å². The highest BCUT2D eigenvalue weighted by Crippen LogP contribution is 2.15. The summed E-state index contributed by atoms with van der Waals surface area (Å²) in [6.45, 7) is 6.48. The Hall–Kier alpha value is -3.93. The molecule has 0 aliphatic heterocycles. The Balaban J connectivity index is 4.43. The van der Waals surface area contributed by atoms with Gasteiger partial charge < -0.3 is 14.2 Å². The van der Waals surface area contributed by atoms with E-state index in [2.05, 4.69) is 130 Å². The quantitative estimate of drug-likeness (QED) is 0.0261. The maximum absolute atomic E-state index is 12.9. The van der Waals surface area contributed by atoms with E-state index in [1.165, 1.54) is 128 Å². The second kappa shape index (κ2) is 61.6. The fourth-order valence-corrected chi connectivity index (χ4v) is 8.39. The fraction of sp³-hybridized carbons (Fsp3) is 0.691. The van der Waals surface area contributed by atoms with Gasteiger partial charge >= 0.3 is 17.9 Å². The molecule has 0 aromatic carbocycles. The minimum atomic E-state index is -0.805. The van der Waals surface area contributed by atoms with E-state index in [0.29, 0.717) is 19.3 Å². The topological polar surface area (TPSA) is 78.9 Å². The number of ether oxygens (including phenoxy) is 3. The molecule has 0 saturated carbocycles. The molecule has 422 valence electrons. The van der Waals surface area contributed by atoms with E-state index in [4.69, 9.17) is 14.2 Å². The van der Waals surface area contributed by atoms with Crippen LogP contribution in [-0.4, -0.2) is 37.2 Å². The standard InChI is InChI=1S/C68H114O6/c1-4-7-10-13-16-19-22-25-27-29-31-33-34-36-37-39-41-43-46-49-52-55-58-61-67(70)73-64-65(63-72-66(69)60-57-54-51-48-45-24-21-18-15-12-9-6-3)74-68(71)62-59-56-53-50-47-44-42-40-38-35-32-30-28-26-23-20-17-14-11-8-5-2/h8,11,17,20,22,25-26,28-29,31-32,34-36,40,42,47,50,65H,4-7,9-10,12-16,18-19,21,23-24,27,30,33,37-39,41,43-46,48-49,51-64H2,1-3H3/b11-8-,20-17-,25-22-,28-26-,31-29-,35-32-,36-34-,42-40-,50-47-. The molecule has 0 bridgehead atoms. The monoisotopic (exact) mass is 1030 g/mol. The molecule has 6 heteroatoms. The van der Waals surface area contributed by atoms with E-state index < -0.39 is 6.10 Å². The summed E-state index contributed by atoms with van der Waals surface area (Å²) >= 11 is 0. The number of unbranched alkanes of at least 4 members (excludes halogenated alkanes) is 26. The predicted octanol–water partition coefficient (Wildman–Crippen LogP) is 21.0. The first-order valence-electron chi connectivity index (χ1n) is 30.9. The zero-order chi connectivity index (χ0) is 53.6. The van der Waals surface area contributed by atoms with Crippen molar-refractivity contribution in [2.24, 2.45) is 0 Å². The molecule has 0 spiro atoms. The van der Waals surface area contributed by atoms with Gasteiger partial charge in [0, 0.05) is 19.3 Å². The van der Waals surface area contributed by atoms with E-state index in [1.54, 1.807) is 0 Å². The third-order valence-electron chi connectivity index (χ3n) is 13.0. The van der Waals surface area contributed by atoms with Crippen LogP contribution in [0.1, 0.15) is 284 Å². The van der Waals surface area contributed by atoms with Crippen molar-refractivity contribution in [1.29, 1.82) is 0 Å². The normalized spacial score (nSPS) is 12.9. The zero-order valence-corrected chi connectivity index (χ0v) is 48.3. The van der Waals surface area contributed by atoms with Crippen molar-refractivity contribution in [3.05, 3.63) is 109 Å². The second-order valence-electron chi connectivity index (χ2n) is 20.2. The van der Waals surface area contributed by atoms with Crippen LogP contribution < -0.4 is 0 Å². The van der Waals surface area contributed by atoms with Gasteiger partial charge in [-0.1, -0.05) is 265 Å². The summed E-state index contributed by atoms with van der Waals surface area (Å²) in [5.41, 5.74) is 0. The molecule has 0 aliphatic rings. The van der Waals surface area contributed by atoms with Gasteiger partial charge in [0.1, 0.15) is 13.2 Å². The van der Waals surface area contributed by atoms with Crippen LogP contribution in [0, 0.1) is 0 Å². The summed E-state index contributed by atoms with van der Waals surface area (Å²) in [6.07, 6.45) is 83.7. The first-order chi connectivity index (χ1) is 36.5. The Morgan fingerprint density at radius 1 is 0.284 bits per heavy atom. The van der Waals surface area contributed by atoms with Crippen LogP contribution in [0.4, 0.5) is 0 Å². The second-order valence-corrected chi connectivity index (χ2v) is 20.2. The molecule has 0 aromatic heterocycles. The van der Waals surface area contributed by atoms with Crippen molar-refractivity contribution in [3.63, 3.8) is 0 Å². The Labute approximate surface area is 457 Å². The van der Waals surface area contributed by atoms with Gasteiger partial charge in [-0.05, 0) is 109 Å². The molecule has 0 rings (SSSR count). The number of hydrogen-bond donors (Lipinski definition) is 0. The maximum Gasteiger partial charge on any atom is 0.306 e. The van der Waals surface area contributed by atoms with Crippen molar-refractivity contribution in [2.45, 2.75) is 290 Å². The summed E-state index contributed by atoms with van der Waals surface area (Å²) in [5.74, 6) is -0.944. The maximum atomic E-state index is 12.9. The molecular formula is C68H114O6. The van der Waals surface area contributed by atoms with Crippen molar-refractivity contribution >= 4 is 17.9 Å². The minimum Gasteiger partial charge on any atom is -0.462 e. The van der Waals surface area contributed by atoms with E-state index in [-0.39, 0.29) is 37.5 Å². The van der Waals surface area contributed by atoms with Crippen LogP contribution in [0.2, 0.25) is 0 Å². The first-order valence-corrected chi connectivity index (χ1v) is 30.9. The molecule has 0 saturated heterocycles. The third-order valence-corrected chi connectivity index (χ3v) is 13.0. The van der Waals surface area contributed by atoms with Crippen LogP contribution >= 0.6 is 0 Å². The molecule has 6 nitrogen and oxygen atoms in total. The lowest BCUT2D eigenvalue weighted by Crippen LogP contribution is -2.30. The molecule has 0 amide bonds. The average Bonchev–Trinajstić information content (AvgIpc) is 3.40. The molecule has 0 radical (unpaired) electrons. The van der Waals surface area contributed by atoms with Gasteiger partial charge in [0.2, 0.25) is 0 Å². The van der Waals surface area contributed by atoms with Crippen LogP contribution in [0.5, 0.6) is 0 Å². The molecule has 1 unspecified atom stereocenters. The molecule has 0 heterocycles. The third kappa shape index (κ3) is 59.0. The molecule has 0 N–H and O–H groups in total. The largest absolute Gasteiger partial charge is 0.462 e. The number of carbonyl (C=O) groups excluding carboxylic acids is 3. The van der Waals surface area contributed by atoms with E-state index in [0.717, 1.165) is 109 Å². The lowest BCUT2D eigenvalue weighted by molar-refractivity contribution is -0.167. The Bertz CT molecular complexity index is 1510. The molecule has 74 heavy (non-hydrogen) atoms. The Morgan fingerprint density at radius 2 is 0.527 bits per heavy atom. The lowest BCUT2D eigenvalue weighted by Gasteiger charge is -2.18. The number of carbonyl (C=O) groups is 3. The van der Waals surface area contributed by atoms with Crippen molar-refractivity contribution in [3.8, 4) is 0 Å². The smallest absolute Gasteiger partial charge is 0.306 e. The van der Waals surface area contributed by atoms with E-state index >= 15 is 0 Å². The summed E-state index contributed by atoms with van der Waals surface area (Å²) in [7, 11) is 0. The van der Waals surface area contributed by atoms with Crippen LogP contribution in [-0.2, 0) is 28.6 Å². The van der Waals surface area contributed by atoms with Crippen LogP contribution in [0.3, 0.4) is 0 Å².